The number of hydrazine groups is 1. The summed E-state index contributed by atoms with van der Waals surface area (Å²) in [6, 6.07) is 8.92. The predicted molar refractivity (Wildman–Crippen MR) is 160 cm³/mol. The fraction of sp³-hybridized carbons (Fsp3) is 0.429. The van der Waals surface area contributed by atoms with Crippen molar-refractivity contribution in [1.82, 2.24) is 24.9 Å². The van der Waals surface area contributed by atoms with Gasteiger partial charge in [-0.05, 0) is 56.0 Å². The van der Waals surface area contributed by atoms with Crippen LogP contribution in [0.3, 0.4) is 0 Å². The molecule has 212 valence electrons. The molecule has 2 aromatic heterocycles. The van der Waals surface area contributed by atoms with Gasteiger partial charge < -0.3 is 0 Å². The van der Waals surface area contributed by atoms with E-state index in [0.717, 1.165) is 61.2 Å². The zero-order valence-corrected chi connectivity index (χ0v) is 25.3. The number of carbonyl (C=O) groups excluding carboxylic acids is 1. The molecule has 40 heavy (non-hydrogen) atoms. The van der Waals surface area contributed by atoms with Crippen molar-refractivity contribution in [3.05, 3.63) is 56.5 Å². The molecule has 0 bridgehead atoms. The fourth-order valence-electron chi connectivity index (χ4n) is 5.06. The lowest BCUT2D eigenvalue weighted by molar-refractivity contribution is 0.0743. The van der Waals surface area contributed by atoms with Crippen molar-refractivity contribution in [3.8, 4) is 28.1 Å². The summed E-state index contributed by atoms with van der Waals surface area (Å²) in [6.07, 6.45) is 8.87. The number of halogens is 2. The molecule has 3 aromatic rings. The summed E-state index contributed by atoms with van der Waals surface area (Å²) in [4.78, 5) is 15.3. The van der Waals surface area contributed by atoms with E-state index in [1.54, 1.807) is 22.9 Å². The van der Waals surface area contributed by atoms with Crippen LogP contribution in [0.1, 0.15) is 65.9 Å². The van der Waals surface area contributed by atoms with Crippen LogP contribution in [0.2, 0.25) is 10.0 Å². The first-order valence-electron chi connectivity index (χ1n) is 13.4. The Morgan fingerprint density at radius 2 is 1.85 bits per heavy atom. The summed E-state index contributed by atoms with van der Waals surface area (Å²) in [5, 5.41) is 7.41. The smallest absolute Gasteiger partial charge is 0.283 e. The third kappa shape index (κ3) is 7.08. The average Bonchev–Trinajstić information content (AvgIpc) is 3.66. The summed E-state index contributed by atoms with van der Waals surface area (Å²) in [5.41, 5.74) is 4.62. The number of carbonyl (C=O) groups is 1. The Balaban J connectivity index is 1.62. The van der Waals surface area contributed by atoms with Crippen LogP contribution >= 0.6 is 34.5 Å². The number of rotatable bonds is 7. The minimum absolute atomic E-state index is 0.120. The molecule has 2 fully saturated rings. The largest absolute Gasteiger partial charge is 0.286 e. The van der Waals surface area contributed by atoms with Gasteiger partial charge in [0.2, 0.25) is 10.0 Å². The molecule has 2 N–H and O–H groups in total. The molecule has 5 rings (SSSR count). The van der Waals surface area contributed by atoms with Crippen LogP contribution in [0.15, 0.2) is 30.3 Å². The van der Waals surface area contributed by atoms with Gasteiger partial charge in [-0.3, -0.25) is 10.2 Å². The van der Waals surface area contributed by atoms with Crippen LogP contribution in [0.25, 0.3) is 16.3 Å². The Hall–Kier alpha value is -2.39. The van der Waals surface area contributed by atoms with Crippen molar-refractivity contribution in [1.29, 1.82) is 0 Å². The van der Waals surface area contributed by atoms with E-state index in [2.05, 4.69) is 22.0 Å². The van der Waals surface area contributed by atoms with E-state index >= 15 is 0 Å². The molecule has 2 aliphatic rings. The number of hydrogen-bond acceptors (Lipinski definition) is 6. The summed E-state index contributed by atoms with van der Waals surface area (Å²) < 4.78 is 28.4. The quantitative estimate of drug-likeness (QED) is 0.334. The highest BCUT2D eigenvalue weighted by molar-refractivity contribution is 7.88. The van der Waals surface area contributed by atoms with Crippen molar-refractivity contribution >= 4 is 50.5 Å². The lowest BCUT2D eigenvalue weighted by Crippen LogP contribution is -2.45. The predicted octanol–water partition coefficient (Wildman–Crippen LogP) is 5.63. The van der Waals surface area contributed by atoms with Gasteiger partial charge in [0.1, 0.15) is 0 Å². The van der Waals surface area contributed by atoms with Gasteiger partial charge in [-0.2, -0.15) is 5.10 Å². The van der Waals surface area contributed by atoms with E-state index in [0.29, 0.717) is 32.9 Å². The van der Waals surface area contributed by atoms with E-state index < -0.39 is 15.9 Å². The van der Waals surface area contributed by atoms with Crippen LogP contribution in [0.5, 0.6) is 0 Å². The molecule has 1 aromatic carbocycles. The lowest BCUT2D eigenvalue weighted by Gasteiger charge is -2.26. The zero-order valence-electron chi connectivity index (χ0n) is 22.2. The number of hydrogen-bond donors (Lipinski definition) is 2. The summed E-state index contributed by atoms with van der Waals surface area (Å²) in [5.74, 6) is 6.72. The topological polar surface area (TPSA) is 96.3 Å². The van der Waals surface area contributed by atoms with E-state index in [1.807, 2.05) is 17.1 Å². The standard InChI is InChI=1S/C28H31Cl2N5O3S2/c1-40(37,38)31-18-22-26(28(36)33-34-15-5-2-6-16-34)32-35(24-13-10-20(29)17-23(24)30)27(22)25-14-12-21(39-25)11-9-19-7-3-4-8-19/h10,12-14,17,19,31H,2-8,15-16,18H2,1H3,(H,33,36). The first-order chi connectivity index (χ1) is 19.2. The number of aromatic nitrogens is 2. The van der Waals surface area contributed by atoms with Gasteiger partial charge in [0.05, 0.1) is 32.4 Å². The summed E-state index contributed by atoms with van der Waals surface area (Å²) >= 11 is 14.3. The Labute approximate surface area is 249 Å². The van der Waals surface area contributed by atoms with Gasteiger partial charge >= 0.3 is 0 Å². The molecule has 1 aliphatic heterocycles. The molecule has 0 spiro atoms. The summed E-state index contributed by atoms with van der Waals surface area (Å²) in [7, 11) is -3.56. The van der Waals surface area contributed by atoms with E-state index in [-0.39, 0.29) is 12.2 Å². The SMILES string of the molecule is CS(=O)(=O)NCc1c(C(=O)NN2CCCCC2)nn(-c2ccc(Cl)cc2Cl)c1-c1ccc(C#CC2CCCC2)s1. The lowest BCUT2D eigenvalue weighted by atomic mass is 10.1. The molecule has 0 atom stereocenters. The molecular weight excluding hydrogens is 589 g/mol. The van der Waals surface area contributed by atoms with Gasteiger partial charge in [-0.25, -0.2) is 22.8 Å². The molecule has 3 heterocycles. The van der Waals surface area contributed by atoms with E-state index in [9.17, 15) is 13.2 Å². The second-order valence-corrected chi connectivity index (χ2v) is 13.9. The van der Waals surface area contributed by atoms with Gasteiger partial charge in [-0.15, -0.1) is 11.3 Å². The number of sulfonamides is 1. The Morgan fingerprint density at radius 1 is 1.10 bits per heavy atom. The second kappa shape index (κ2) is 12.6. The zero-order chi connectivity index (χ0) is 28.3. The van der Waals surface area contributed by atoms with Crippen molar-refractivity contribution in [2.24, 2.45) is 5.92 Å². The van der Waals surface area contributed by atoms with Crippen LogP contribution in [0.4, 0.5) is 0 Å². The third-order valence-electron chi connectivity index (χ3n) is 7.06. The number of amides is 1. The molecule has 1 saturated heterocycles. The van der Waals surface area contributed by atoms with Gasteiger partial charge in [0, 0.05) is 36.1 Å². The Morgan fingerprint density at radius 3 is 2.55 bits per heavy atom. The van der Waals surface area contributed by atoms with Crippen LogP contribution < -0.4 is 10.1 Å². The number of nitrogens with one attached hydrogen (secondary N) is 2. The van der Waals surface area contributed by atoms with E-state index in [4.69, 9.17) is 28.3 Å². The molecule has 1 amide bonds. The monoisotopic (exact) mass is 619 g/mol. The maximum atomic E-state index is 13.6. The Bertz CT molecular complexity index is 1560. The molecule has 1 saturated carbocycles. The second-order valence-electron chi connectivity index (χ2n) is 10.2. The van der Waals surface area contributed by atoms with Crippen LogP contribution in [-0.4, -0.2) is 48.5 Å². The van der Waals surface area contributed by atoms with Crippen molar-refractivity contribution in [2.45, 2.75) is 51.5 Å². The molecule has 1 aliphatic carbocycles. The minimum Gasteiger partial charge on any atom is -0.283 e. The molecule has 0 radical (unpaired) electrons. The number of thiophene rings is 1. The summed E-state index contributed by atoms with van der Waals surface area (Å²) in [6.45, 7) is 1.36. The van der Waals surface area contributed by atoms with Gasteiger partial charge in [0.15, 0.2) is 5.69 Å². The normalized spacial score (nSPS) is 16.6. The van der Waals surface area contributed by atoms with Crippen molar-refractivity contribution in [2.75, 3.05) is 19.3 Å². The highest BCUT2D eigenvalue weighted by atomic mass is 35.5. The first kappa shape index (κ1) is 29.1. The highest BCUT2D eigenvalue weighted by Gasteiger charge is 2.28. The fourth-order valence-corrected chi connectivity index (χ4v) is 6.88. The van der Waals surface area contributed by atoms with Gasteiger partial charge in [0.25, 0.3) is 5.91 Å². The average molecular weight is 621 g/mol. The minimum atomic E-state index is -3.56. The first-order valence-corrected chi connectivity index (χ1v) is 16.8. The molecule has 0 unspecified atom stereocenters. The van der Waals surface area contributed by atoms with Crippen molar-refractivity contribution in [3.63, 3.8) is 0 Å². The maximum absolute atomic E-state index is 13.6. The van der Waals surface area contributed by atoms with Gasteiger partial charge in [-0.1, -0.05) is 54.3 Å². The third-order valence-corrected chi connectivity index (χ3v) is 9.27. The van der Waals surface area contributed by atoms with Crippen LogP contribution in [0, 0.1) is 17.8 Å². The molecular formula is C28H31Cl2N5O3S2. The van der Waals surface area contributed by atoms with Crippen LogP contribution in [-0.2, 0) is 16.6 Å². The molecule has 12 heteroatoms. The maximum Gasteiger partial charge on any atom is 0.286 e. The molecule has 8 nitrogen and oxygen atoms in total. The Kier molecular flexibility index (Phi) is 9.20. The number of piperidine rings is 1. The number of nitrogens with zero attached hydrogens (tertiary/aromatic N) is 3. The highest BCUT2D eigenvalue weighted by Crippen LogP contribution is 2.37. The van der Waals surface area contributed by atoms with Crippen molar-refractivity contribution < 1.29 is 13.2 Å². The van der Waals surface area contributed by atoms with E-state index in [1.165, 1.54) is 24.2 Å². The number of benzene rings is 1.